The van der Waals surface area contributed by atoms with Gasteiger partial charge in [-0.2, -0.15) is 5.26 Å². The van der Waals surface area contributed by atoms with E-state index >= 15 is 0 Å². The molecule has 0 saturated heterocycles. The lowest BCUT2D eigenvalue weighted by atomic mass is 10.1. The molecule has 3 aromatic rings. The van der Waals surface area contributed by atoms with Crippen LogP contribution >= 0.6 is 11.3 Å². The van der Waals surface area contributed by atoms with E-state index in [0.717, 1.165) is 16.8 Å². The number of carbonyl (C=O) groups excluding carboxylic acids is 1. The Bertz CT molecular complexity index is 954. The van der Waals surface area contributed by atoms with Crippen LogP contribution in [-0.2, 0) is 4.74 Å². The first kappa shape index (κ1) is 16.6. The highest BCUT2D eigenvalue weighted by Crippen LogP contribution is 2.26. The van der Waals surface area contributed by atoms with Crippen molar-refractivity contribution in [2.75, 3.05) is 7.11 Å². The van der Waals surface area contributed by atoms with Crippen molar-refractivity contribution in [2.45, 2.75) is 0 Å². The zero-order valence-electron chi connectivity index (χ0n) is 13.3. The molecule has 3 rings (SSSR count). The van der Waals surface area contributed by atoms with Crippen molar-refractivity contribution in [3.8, 4) is 17.3 Å². The number of thiazole rings is 1. The molecule has 1 aromatic carbocycles. The standard InChI is InChI=1S/C19H13N3O2S/c1-24-19(23)15-4-2-13(3-5-15)10-16(11-20)18-22-17(12-25-18)14-6-8-21-9-7-14/h2-10,12H,1H3/b16-10+. The van der Waals surface area contributed by atoms with E-state index in [1.807, 2.05) is 17.5 Å². The van der Waals surface area contributed by atoms with E-state index in [4.69, 9.17) is 0 Å². The molecule has 0 aliphatic heterocycles. The fraction of sp³-hybridized carbons (Fsp3) is 0.0526. The zero-order chi connectivity index (χ0) is 17.6. The van der Waals surface area contributed by atoms with Gasteiger partial charge in [0.1, 0.15) is 11.1 Å². The Labute approximate surface area is 148 Å². The highest BCUT2D eigenvalue weighted by Gasteiger charge is 2.09. The third kappa shape index (κ3) is 3.79. The van der Waals surface area contributed by atoms with Crippen molar-refractivity contribution in [3.05, 3.63) is 70.3 Å². The molecule has 2 aromatic heterocycles. The third-order valence-electron chi connectivity index (χ3n) is 3.47. The minimum Gasteiger partial charge on any atom is -0.465 e. The number of allylic oxidation sites excluding steroid dienone is 1. The van der Waals surface area contributed by atoms with Crippen molar-refractivity contribution in [1.82, 2.24) is 9.97 Å². The van der Waals surface area contributed by atoms with Crippen LogP contribution < -0.4 is 0 Å². The van der Waals surface area contributed by atoms with Crippen LogP contribution in [0.3, 0.4) is 0 Å². The maximum atomic E-state index is 11.5. The van der Waals surface area contributed by atoms with Crippen LogP contribution in [0.4, 0.5) is 0 Å². The second-order valence-corrected chi connectivity index (χ2v) is 5.92. The lowest BCUT2D eigenvalue weighted by molar-refractivity contribution is 0.0600. The minimum atomic E-state index is -0.391. The molecule has 0 N–H and O–H groups in total. The molecule has 25 heavy (non-hydrogen) atoms. The average Bonchev–Trinajstić information content (AvgIpc) is 3.16. The highest BCUT2D eigenvalue weighted by atomic mass is 32.1. The summed E-state index contributed by atoms with van der Waals surface area (Å²) in [5.41, 5.74) is 3.51. The van der Waals surface area contributed by atoms with Crippen LogP contribution in [-0.4, -0.2) is 23.0 Å². The molecule has 5 nitrogen and oxygen atoms in total. The number of hydrogen-bond acceptors (Lipinski definition) is 6. The van der Waals surface area contributed by atoms with Gasteiger partial charge in [-0.15, -0.1) is 11.3 Å². The second-order valence-electron chi connectivity index (χ2n) is 5.06. The first-order valence-electron chi connectivity index (χ1n) is 7.37. The van der Waals surface area contributed by atoms with Crippen molar-refractivity contribution >= 4 is 29.0 Å². The number of hydrogen-bond donors (Lipinski definition) is 0. The molecule has 0 aliphatic carbocycles. The number of methoxy groups -OCH3 is 1. The Morgan fingerprint density at radius 3 is 2.56 bits per heavy atom. The molecule has 0 radical (unpaired) electrons. The van der Waals surface area contributed by atoms with Gasteiger partial charge >= 0.3 is 5.97 Å². The Morgan fingerprint density at radius 1 is 1.20 bits per heavy atom. The van der Waals surface area contributed by atoms with E-state index < -0.39 is 5.97 Å². The Balaban J connectivity index is 1.88. The summed E-state index contributed by atoms with van der Waals surface area (Å²) >= 11 is 1.41. The average molecular weight is 347 g/mol. The largest absolute Gasteiger partial charge is 0.465 e. The highest BCUT2D eigenvalue weighted by molar-refractivity contribution is 7.11. The fourth-order valence-corrected chi connectivity index (χ4v) is 2.99. The number of pyridine rings is 1. The lowest BCUT2D eigenvalue weighted by Crippen LogP contribution is -2.00. The molecule has 2 heterocycles. The van der Waals surface area contributed by atoms with Gasteiger partial charge < -0.3 is 4.74 Å². The summed E-state index contributed by atoms with van der Waals surface area (Å²) in [4.78, 5) is 20.0. The summed E-state index contributed by atoms with van der Waals surface area (Å²) in [7, 11) is 1.34. The molecular formula is C19H13N3O2S. The number of esters is 1. The first-order chi connectivity index (χ1) is 12.2. The van der Waals surface area contributed by atoms with E-state index in [1.165, 1.54) is 18.4 Å². The number of carbonyl (C=O) groups is 1. The predicted molar refractivity (Wildman–Crippen MR) is 96.6 cm³/mol. The number of nitriles is 1. The predicted octanol–water partition coefficient (Wildman–Crippen LogP) is 4.06. The van der Waals surface area contributed by atoms with Crippen molar-refractivity contribution < 1.29 is 9.53 Å². The smallest absolute Gasteiger partial charge is 0.337 e. The molecular weight excluding hydrogens is 334 g/mol. The van der Waals surface area contributed by atoms with Gasteiger partial charge in [-0.3, -0.25) is 4.98 Å². The molecule has 0 fully saturated rings. The van der Waals surface area contributed by atoms with Gasteiger partial charge in [-0.05, 0) is 35.9 Å². The van der Waals surface area contributed by atoms with Crippen LogP contribution in [0.5, 0.6) is 0 Å². The van der Waals surface area contributed by atoms with Gasteiger partial charge in [0, 0.05) is 23.3 Å². The topological polar surface area (TPSA) is 75.9 Å². The molecule has 0 aliphatic rings. The maximum Gasteiger partial charge on any atom is 0.337 e. The normalized spacial score (nSPS) is 11.0. The SMILES string of the molecule is COC(=O)c1ccc(/C=C(\C#N)c2nc(-c3ccncc3)cs2)cc1. The number of benzene rings is 1. The van der Waals surface area contributed by atoms with Crippen LogP contribution in [0.2, 0.25) is 0 Å². The van der Waals surface area contributed by atoms with Crippen molar-refractivity contribution in [1.29, 1.82) is 5.26 Å². The van der Waals surface area contributed by atoms with E-state index in [0.29, 0.717) is 16.1 Å². The monoisotopic (exact) mass is 347 g/mol. The summed E-state index contributed by atoms with van der Waals surface area (Å²) in [6.07, 6.45) is 5.16. The minimum absolute atomic E-state index is 0.391. The summed E-state index contributed by atoms with van der Waals surface area (Å²) in [5.74, 6) is -0.391. The summed E-state index contributed by atoms with van der Waals surface area (Å²) < 4.78 is 4.67. The molecule has 6 heteroatoms. The van der Waals surface area contributed by atoms with Gasteiger partial charge in [0.2, 0.25) is 0 Å². The molecule has 0 spiro atoms. The molecule has 0 unspecified atom stereocenters. The van der Waals surface area contributed by atoms with Crippen molar-refractivity contribution in [2.24, 2.45) is 0 Å². The Kier molecular flexibility index (Phi) is 4.97. The van der Waals surface area contributed by atoms with Crippen molar-refractivity contribution in [3.63, 3.8) is 0 Å². The van der Waals surface area contributed by atoms with Gasteiger partial charge in [0.15, 0.2) is 0 Å². The fourth-order valence-electron chi connectivity index (χ4n) is 2.19. The molecule has 0 atom stereocenters. The van der Waals surface area contributed by atoms with Crippen LogP contribution in [0.15, 0.2) is 54.2 Å². The van der Waals surface area contributed by atoms with Gasteiger partial charge in [0.05, 0.1) is 23.9 Å². The van der Waals surface area contributed by atoms with E-state index in [9.17, 15) is 10.1 Å². The molecule has 0 bridgehead atoms. The van der Waals surface area contributed by atoms with Gasteiger partial charge in [0.25, 0.3) is 0 Å². The number of nitrogens with zero attached hydrogens (tertiary/aromatic N) is 3. The van der Waals surface area contributed by atoms with E-state index in [-0.39, 0.29) is 0 Å². The van der Waals surface area contributed by atoms with Gasteiger partial charge in [-0.25, -0.2) is 9.78 Å². The lowest BCUT2D eigenvalue weighted by Gasteiger charge is -2.00. The summed E-state index contributed by atoms with van der Waals surface area (Å²) in [5, 5.41) is 12.0. The van der Waals surface area contributed by atoms with Gasteiger partial charge in [-0.1, -0.05) is 12.1 Å². The Morgan fingerprint density at radius 2 is 1.92 bits per heavy atom. The quantitative estimate of drug-likeness (QED) is 0.525. The second kappa shape index (κ2) is 7.51. The third-order valence-corrected chi connectivity index (χ3v) is 4.35. The van der Waals surface area contributed by atoms with Crippen LogP contribution in [0.1, 0.15) is 20.9 Å². The number of ether oxygens (including phenoxy) is 1. The van der Waals surface area contributed by atoms with Crippen LogP contribution in [0, 0.1) is 11.3 Å². The first-order valence-corrected chi connectivity index (χ1v) is 8.25. The summed E-state index contributed by atoms with van der Waals surface area (Å²) in [6, 6.07) is 12.8. The van der Waals surface area contributed by atoms with E-state index in [2.05, 4.69) is 20.8 Å². The number of rotatable bonds is 4. The molecule has 0 amide bonds. The van der Waals surface area contributed by atoms with Crippen LogP contribution in [0.25, 0.3) is 22.9 Å². The number of aromatic nitrogens is 2. The van der Waals surface area contributed by atoms with E-state index in [1.54, 1.807) is 42.7 Å². The molecule has 122 valence electrons. The summed E-state index contributed by atoms with van der Waals surface area (Å²) in [6.45, 7) is 0. The maximum absolute atomic E-state index is 11.5. The zero-order valence-corrected chi connectivity index (χ0v) is 14.2. The molecule has 0 saturated carbocycles. The Hall–Kier alpha value is -3.30.